The molecule has 0 aromatic heterocycles. The van der Waals surface area contributed by atoms with Crippen LogP contribution in [0.2, 0.25) is 0 Å². The van der Waals surface area contributed by atoms with Crippen molar-refractivity contribution < 1.29 is 47.3 Å². The Bertz CT molecular complexity index is 1000. The number of ether oxygens (including phenoxy) is 3. The first kappa shape index (κ1) is 26.1. The van der Waals surface area contributed by atoms with Crippen molar-refractivity contribution in [1.82, 2.24) is 0 Å². The van der Waals surface area contributed by atoms with Crippen molar-refractivity contribution in [1.29, 1.82) is 0 Å². The van der Waals surface area contributed by atoms with Crippen molar-refractivity contribution in [3.05, 3.63) is 0 Å². The number of hydrogen-bond acceptors (Lipinski definition) is 8. The van der Waals surface area contributed by atoms with Crippen LogP contribution >= 0.6 is 0 Å². The summed E-state index contributed by atoms with van der Waals surface area (Å²) in [6.07, 6.45) is 4.63. The minimum Gasteiger partial charge on any atom is -0.462 e. The second-order valence-electron chi connectivity index (χ2n) is 13.4. The lowest BCUT2D eigenvalue weighted by Crippen LogP contribution is -2.58. The number of ketones is 1. The average Bonchev–Trinajstić information content (AvgIpc) is 2.84. The second-order valence-corrected chi connectivity index (χ2v) is 13.4. The summed E-state index contributed by atoms with van der Waals surface area (Å²) in [6.45, 7) is -0.0729. The van der Waals surface area contributed by atoms with E-state index in [4.69, 9.17) is 14.2 Å². The molecule has 8 nitrogen and oxygen atoms in total. The molecule has 8 aliphatic carbocycles. The van der Waals surface area contributed by atoms with Crippen LogP contribution in [0.25, 0.3) is 0 Å². The van der Waals surface area contributed by atoms with Gasteiger partial charge >= 0.3 is 23.8 Å². The van der Waals surface area contributed by atoms with E-state index in [1.165, 1.54) is 0 Å². The first-order valence-electron chi connectivity index (χ1n) is 14.0. The number of aliphatic hydroxyl groups is 1. The van der Waals surface area contributed by atoms with Gasteiger partial charge in [0.2, 0.25) is 0 Å². The van der Waals surface area contributed by atoms with Crippen LogP contribution in [0.1, 0.15) is 71.1 Å². The number of Topliss-reactive ketones (excluding diaryl/α,β-unsaturated/α-hetero) is 1. The maximum atomic E-state index is 13.4. The standard InChI is InChI=1S/C28H36F2O8/c1-26(29,30)23(33)38-22-18-4-15-5-19(22)11-28(7-15,10-18)25(35)37-13-20(31)12-36-24(34)27-6-14-2-16(8-27)21(32)17(3-14)9-27/h14-20,22,31H,2-13H2,1H3. The number of rotatable bonds is 8. The number of alkyl halides is 2. The number of carbonyl (C=O) groups excluding carboxylic acids is 4. The van der Waals surface area contributed by atoms with Gasteiger partial charge in [-0.05, 0) is 87.9 Å². The molecule has 8 saturated carbocycles. The Hall–Kier alpha value is -2.10. The molecule has 0 saturated heterocycles. The van der Waals surface area contributed by atoms with Crippen molar-refractivity contribution in [2.45, 2.75) is 89.3 Å². The van der Waals surface area contributed by atoms with Crippen LogP contribution in [0.5, 0.6) is 0 Å². The summed E-state index contributed by atoms with van der Waals surface area (Å²) >= 11 is 0. The van der Waals surface area contributed by atoms with Crippen LogP contribution in [-0.2, 0) is 33.4 Å². The normalized spacial score (nSPS) is 43.2. The maximum absolute atomic E-state index is 13.4. The number of esters is 3. The van der Waals surface area contributed by atoms with Crippen molar-refractivity contribution in [3.63, 3.8) is 0 Å². The Morgan fingerprint density at radius 2 is 1.34 bits per heavy atom. The Morgan fingerprint density at radius 1 is 0.868 bits per heavy atom. The summed E-state index contributed by atoms with van der Waals surface area (Å²) in [5.41, 5.74) is -1.40. The van der Waals surface area contributed by atoms with E-state index >= 15 is 0 Å². The van der Waals surface area contributed by atoms with E-state index < -0.39 is 40.9 Å². The highest BCUT2D eigenvalue weighted by atomic mass is 19.3. The average molecular weight is 539 g/mol. The molecule has 10 heteroatoms. The van der Waals surface area contributed by atoms with Gasteiger partial charge in [0, 0.05) is 18.8 Å². The summed E-state index contributed by atoms with van der Waals surface area (Å²) in [5, 5.41) is 10.4. The molecule has 8 rings (SSSR count). The molecular weight excluding hydrogens is 502 g/mol. The molecule has 0 aliphatic heterocycles. The third kappa shape index (κ3) is 4.34. The summed E-state index contributed by atoms with van der Waals surface area (Å²) in [7, 11) is 0. The van der Waals surface area contributed by atoms with Gasteiger partial charge in [-0.2, -0.15) is 8.78 Å². The summed E-state index contributed by atoms with van der Waals surface area (Å²) in [4.78, 5) is 50.4. The van der Waals surface area contributed by atoms with E-state index in [0.717, 1.165) is 32.1 Å². The highest BCUT2D eigenvalue weighted by molar-refractivity contribution is 5.89. The molecule has 0 aromatic carbocycles. The van der Waals surface area contributed by atoms with E-state index in [9.17, 15) is 33.1 Å². The molecule has 1 N–H and O–H groups in total. The maximum Gasteiger partial charge on any atom is 0.376 e. The lowest BCUT2D eigenvalue weighted by molar-refractivity contribution is -0.208. The fourth-order valence-corrected chi connectivity index (χ4v) is 9.34. The molecule has 8 fully saturated rings. The lowest BCUT2D eigenvalue weighted by atomic mass is 9.48. The SMILES string of the molecule is CC(F)(F)C(=O)OC1C2CC3CC1CC(C(=O)OCC(O)COC(=O)C14CC5CC(C1)C(=O)C(C5)C4)(C3)C2. The van der Waals surface area contributed by atoms with Gasteiger partial charge in [-0.3, -0.25) is 14.4 Å². The summed E-state index contributed by atoms with van der Waals surface area (Å²) in [6, 6.07) is 0. The highest BCUT2D eigenvalue weighted by Gasteiger charge is 2.61. The fourth-order valence-electron chi connectivity index (χ4n) is 9.34. The lowest BCUT2D eigenvalue weighted by Gasteiger charge is -2.57. The van der Waals surface area contributed by atoms with Gasteiger partial charge in [0.25, 0.3) is 0 Å². The van der Waals surface area contributed by atoms with E-state index in [-0.39, 0.29) is 54.6 Å². The number of hydrogen-bond donors (Lipinski definition) is 1. The number of aliphatic hydroxyl groups excluding tert-OH is 1. The van der Waals surface area contributed by atoms with Gasteiger partial charge in [0.05, 0.1) is 10.8 Å². The largest absolute Gasteiger partial charge is 0.462 e. The van der Waals surface area contributed by atoms with E-state index in [1.807, 2.05) is 0 Å². The Kier molecular flexibility index (Phi) is 6.16. The van der Waals surface area contributed by atoms with E-state index in [0.29, 0.717) is 44.9 Å². The molecule has 210 valence electrons. The van der Waals surface area contributed by atoms with Gasteiger partial charge in [0.15, 0.2) is 0 Å². The van der Waals surface area contributed by atoms with Crippen molar-refractivity contribution in [2.75, 3.05) is 13.2 Å². The zero-order chi connectivity index (χ0) is 27.0. The highest BCUT2D eigenvalue weighted by Crippen LogP contribution is 2.61. The minimum atomic E-state index is -3.56. The van der Waals surface area contributed by atoms with Crippen LogP contribution in [0, 0.1) is 46.3 Å². The van der Waals surface area contributed by atoms with Crippen LogP contribution in [0.15, 0.2) is 0 Å². The van der Waals surface area contributed by atoms with E-state index in [1.54, 1.807) is 0 Å². The monoisotopic (exact) mass is 538 g/mol. The molecule has 5 atom stereocenters. The Labute approximate surface area is 220 Å². The Morgan fingerprint density at radius 3 is 1.84 bits per heavy atom. The number of halogens is 2. The smallest absolute Gasteiger partial charge is 0.376 e. The van der Waals surface area contributed by atoms with Crippen LogP contribution in [-0.4, -0.2) is 60.1 Å². The molecule has 5 unspecified atom stereocenters. The molecule has 0 aromatic rings. The third-order valence-electron chi connectivity index (χ3n) is 10.5. The first-order chi connectivity index (χ1) is 17.9. The van der Waals surface area contributed by atoms with Crippen molar-refractivity contribution in [3.8, 4) is 0 Å². The summed E-state index contributed by atoms with van der Waals surface area (Å²) in [5.74, 6) is -5.42. The van der Waals surface area contributed by atoms with Gasteiger partial charge in [-0.1, -0.05) is 0 Å². The van der Waals surface area contributed by atoms with Gasteiger partial charge in [-0.15, -0.1) is 0 Å². The summed E-state index contributed by atoms with van der Waals surface area (Å²) < 4.78 is 43.0. The number of carbonyl (C=O) groups is 4. The van der Waals surface area contributed by atoms with Crippen molar-refractivity contribution in [2.24, 2.45) is 46.3 Å². The fraction of sp³-hybridized carbons (Fsp3) is 0.857. The molecule has 0 amide bonds. The molecule has 8 bridgehead atoms. The Balaban J connectivity index is 1.00. The second kappa shape index (κ2) is 8.96. The molecule has 38 heavy (non-hydrogen) atoms. The van der Waals surface area contributed by atoms with Crippen molar-refractivity contribution >= 4 is 23.7 Å². The first-order valence-corrected chi connectivity index (χ1v) is 14.0. The van der Waals surface area contributed by atoms with Gasteiger partial charge < -0.3 is 19.3 Å². The van der Waals surface area contributed by atoms with Crippen LogP contribution < -0.4 is 0 Å². The predicted molar refractivity (Wildman–Crippen MR) is 125 cm³/mol. The zero-order valence-corrected chi connectivity index (χ0v) is 21.7. The van der Waals surface area contributed by atoms with Gasteiger partial charge in [-0.25, -0.2) is 4.79 Å². The molecular formula is C28H36F2O8. The molecule has 0 spiro atoms. The van der Waals surface area contributed by atoms with E-state index in [2.05, 4.69) is 0 Å². The molecule has 0 radical (unpaired) electrons. The van der Waals surface area contributed by atoms with Gasteiger partial charge in [0.1, 0.15) is 31.2 Å². The zero-order valence-electron chi connectivity index (χ0n) is 21.7. The minimum absolute atomic E-state index is 0.0541. The third-order valence-corrected chi connectivity index (χ3v) is 10.5. The van der Waals surface area contributed by atoms with Crippen LogP contribution in [0.4, 0.5) is 8.78 Å². The molecule has 8 aliphatic rings. The topological polar surface area (TPSA) is 116 Å². The quantitative estimate of drug-likeness (QED) is 0.370. The predicted octanol–water partition coefficient (Wildman–Crippen LogP) is 3.22. The van der Waals surface area contributed by atoms with Crippen LogP contribution in [0.3, 0.4) is 0 Å². The molecule has 0 heterocycles.